The molecule has 1 atom stereocenters. The smallest absolute Gasteiger partial charge is 0.243 e. The second-order valence-electron chi connectivity index (χ2n) is 4.63. The summed E-state index contributed by atoms with van der Waals surface area (Å²) in [7, 11) is -3.39. The van der Waals surface area contributed by atoms with Gasteiger partial charge < -0.3 is 5.73 Å². The zero-order chi connectivity index (χ0) is 13.2. The van der Waals surface area contributed by atoms with Crippen molar-refractivity contribution in [1.29, 1.82) is 0 Å². The van der Waals surface area contributed by atoms with Gasteiger partial charge >= 0.3 is 0 Å². The van der Waals surface area contributed by atoms with Crippen LogP contribution in [0.2, 0.25) is 0 Å². The van der Waals surface area contributed by atoms with Crippen molar-refractivity contribution in [3.8, 4) is 0 Å². The lowest BCUT2D eigenvalue weighted by molar-refractivity contribution is 0.379. The lowest BCUT2D eigenvalue weighted by Gasteiger charge is -2.24. The van der Waals surface area contributed by atoms with Crippen LogP contribution in [0.1, 0.15) is 31.7 Å². The van der Waals surface area contributed by atoms with E-state index in [0.717, 1.165) is 19.3 Å². The average molecular weight is 268 g/mol. The van der Waals surface area contributed by atoms with Crippen LogP contribution in [0.5, 0.6) is 0 Å². The number of benzene rings is 1. The molecule has 2 rings (SSSR count). The van der Waals surface area contributed by atoms with Gasteiger partial charge in [0.25, 0.3) is 0 Å². The molecule has 1 aliphatic rings. The molecule has 0 saturated carbocycles. The van der Waals surface area contributed by atoms with E-state index >= 15 is 0 Å². The maximum atomic E-state index is 12.7. The standard InChI is InChI=1S/C13H20N2O2S/c1-2-12-7-5-9-15(12)18(16,17)13-8-4-3-6-11(13)10-14/h3-4,6,8,12H,2,5,7,9-10,14H2,1H3. The Morgan fingerprint density at radius 2 is 2.11 bits per heavy atom. The van der Waals surface area contributed by atoms with E-state index in [0.29, 0.717) is 17.0 Å². The highest BCUT2D eigenvalue weighted by Crippen LogP contribution is 2.29. The molecule has 5 heteroatoms. The summed E-state index contributed by atoms with van der Waals surface area (Å²) in [6.07, 6.45) is 2.77. The van der Waals surface area contributed by atoms with Gasteiger partial charge in [0.1, 0.15) is 0 Å². The Balaban J connectivity index is 2.42. The van der Waals surface area contributed by atoms with Gasteiger partial charge in [-0.15, -0.1) is 0 Å². The zero-order valence-electron chi connectivity index (χ0n) is 10.7. The number of nitrogens with two attached hydrogens (primary N) is 1. The normalized spacial score (nSPS) is 21.3. The van der Waals surface area contributed by atoms with Crippen LogP contribution in [-0.4, -0.2) is 25.3 Å². The van der Waals surface area contributed by atoms with Crippen LogP contribution in [0.15, 0.2) is 29.2 Å². The SMILES string of the molecule is CCC1CCCN1S(=O)(=O)c1ccccc1CN. The topological polar surface area (TPSA) is 63.4 Å². The Hall–Kier alpha value is -0.910. The molecule has 0 radical (unpaired) electrons. The first kappa shape index (κ1) is 13.5. The van der Waals surface area contributed by atoms with Gasteiger partial charge in [-0.2, -0.15) is 4.31 Å². The van der Waals surface area contributed by atoms with Gasteiger partial charge in [-0.3, -0.25) is 0 Å². The Morgan fingerprint density at radius 1 is 1.39 bits per heavy atom. The van der Waals surface area contributed by atoms with E-state index in [4.69, 9.17) is 5.73 Å². The van der Waals surface area contributed by atoms with E-state index in [1.807, 2.05) is 13.0 Å². The molecule has 0 aliphatic carbocycles. The van der Waals surface area contributed by atoms with Gasteiger partial charge in [-0.05, 0) is 30.9 Å². The lowest BCUT2D eigenvalue weighted by atomic mass is 10.2. The Morgan fingerprint density at radius 3 is 2.78 bits per heavy atom. The Bertz CT molecular complexity index is 513. The first-order valence-corrected chi connectivity index (χ1v) is 7.85. The van der Waals surface area contributed by atoms with Crippen molar-refractivity contribution in [2.75, 3.05) is 6.54 Å². The van der Waals surface area contributed by atoms with Crippen molar-refractivity contribution in [2.24, 2.45) is 5.73 Å². The van der Waals surface area contributed by atoms with Crippen LogP contribution in [0.4, 0.5) is 0 Å². The molecule has 1 aliphatic heterocycles. The van der Waals surface area contributed by atoms with Crippen LogP contribution in [0.3, 0.4) is 0 Å². The van der Waals surface area contributed by atoms with Gasteiger partial charge in [0, 0.05) is 19.1 Å². The van der Waals surface area contributed by atoms with Gasteiger partial charge in [0.05, 0.1) is 4.90 Å². The first-order chi connectivity index (χ1) is 8.61. The maximum absolute atomic E-state index is 12.7. The van der Waals surface area contributed by atoms with Crippen LogP contribution in [-0.2, 0) is 16.6 Å². The highest BCUT2D eigenvalue weighted by atomic mass is 32.2. The minimum atomic E-state index is -3.39. The summed E-state index contributed by atoms with van der Waals surface area (Å²) in [6.45, 7) is 2.91. The maximum Gasteiger partial charge on any atom is 0.243 e. The second-order valence-corrected chi connectivity index (χ2v) is 6.49. The summed E-state index contributed by atoms with van der Waals surface area (Å²) in [5.41, 5.74) is 6.32. The van der Waals surface area contributed by atoms with Crippen molar-refractivity contribution >= 4 is 10.0 Å². The van der Waals surface area contributed by atoms with E-state index in [1.165, 1.54) is 0 Å². The Kier molecular flexibility index (Phi) is 4.04. The molecule has 2 N–H and O–H groups in total. The number of hydrogen-bond acceptors (Lipinski definition) is 3. The fraction of sp³-hybridized carbons (Fsp3) is 0.538. The van der Waals surface area contributed by atoms with E-state index in [1.54, 1.807) is 22.5 Å². The molecular formula is C13H20N2O2S. The highest BCUT2D eigenvalue weighted by Gasteiger charge is 2.34. The van der Waals surface area contributed by atoms with Crippen LogP contribution < -0.4 is 5.73 Å². The molecule has 0 bridgehead atoms. The minimum absolute atomic E-state index is 0.140. The van der Waals surface area contributed by atoms with Gasteiger partial charge in [0.15, 0.2) is 0 Å². The highest BCUT2D eigenvalue weighted by molar-refractivity contribution is 7.89. The third kappa shape index (κ3) is 2.30. The van der Waals surface area contributed by atoms with Crippen molar-refractivity contribution < 1.29 is 8.42 Å². The van der Waals surface area contributed by atoms with Crippen molar-refractivity contribution in [2.45, 2.75) is 43.7 Å². The largest absolute Gasteiger partial charge is 0.326 e. The van der Waals surface area contributed by atoms with E-state index in [2.05, 4.69) is 0 Å². The fourth-order valence-corrected chi connectivity index (χ4v) is 4.59. The molecular weight excluding hydrogens is 248 g/mol. The van der Waals surface area contributed by atoms with Crippen LogP contribution >= 0.6 is 0 Å². The average Bonchev–Trinajstić information content (AvgIpc) is 2.87. The molecule has 1 aromatic carbocycles. The zero-order valence-corrected chi connectivity index (χ0v) is 11.5. The summed E-state index contributed by atoms with van der Waals surface area (Å²) in [6, 6.07) is 7.15. The number of nitrogens with zero attached hydrogens (tertiary/aromatic N) is 1. The minimum Gasteiger partial charge on any atom is -0.326 e. The molecule has 1 saturated heterocycles. The van der Waals surface area contributed by atoms with Gasteiger partial charge in [-0.25, -0.2) is 8.42 Å². The van der Waals surface area contributed by atoms with Crippen molar-refractivity contribution in [3.63, 3.8) is 0 Å². The summed E-state index contributed by atoms with van der Waals surface area (Å²) in [5, 5.41) is 0. The quantitative estimate of drug-likeness (QED) is 0.904. The Labute approximate surface area is 109 Å². The molecule has 0 aromatic heterocycles. The van der Waals surface area contributed by atoms with Crippen LogP contribution in [0, 0.1) is 0 Å². The third-order valence-corrected chi connectivity index (χ3v) is 5.63. The van der Waals surface area contributed by atoms with Crippen LogP contribution in [0.25, 0.3) is 0 Å². The molecule has 18 heavy (non-hydrogen) atoms. The monoisotopic (exact) mass is 268 g/mol. The molecule has 1 aromatic rings. The predicted molar refractivity (Wildman–Crippen MR) is 71.5 cm³/mol. The summed E-state index contributed by atoms with van der Waals surface area (Å²) < 4.78 is 26.9. The summed E-state index contributed by atoms with van der Waals surface area (Å²) >= 11 is 0. The molecule has 1 heterocycles. The fourth-order valence-electron chi connectivity index (χ4n) is 2.58. The summed E-state index contributed by atoms with van der Waals surface area (Å²) in [4.78, 5) is 0.368. The first-order valence-electron chi connectivity index (χ1n) is 6.41. The number of hydrogen-bond donors (Lipinski definition) is 1. The van der Waals surface area contributed by atoms with E-state index < -0.39 is 10.0 Å². The molecule has 1 fully saturated rings. The number of rotatable bonds is 4. The predicted octanol–water partition coefficient (Wildman–Crippen LogP) is 1.71. The molecule has 0 spiro atoms. The molecule has 4 nitrogen and oxygen atoms in total. The lowest BCUT2D eigenvalue weighted by Crippen LogP contribution is -2.35. The second kappa shape index (κ2) is 5.38. The third-order valence-electron chi connectivity index (χ3n) is 3.57. The molecule has 0 amide bonds. The molecule has 100 valence electrons. The molecule has 1 unspecified atom stereocenters. The van der Waals surface area contributed by atoms with Crippen molar-refractivity contribution in [1.82, 2.24) is 4.31 Å². The van der Waals surface area contributed by atoms with E-state index in [-0.39, 0.29) is 12.6 Å². The summed E-state index contributed by atoms with van der Waals surface area (Å²) in [5.74, 6) is 0. The van der Waals surface area contributed by atoms with Gasteiger partial charge in [0.2, 0.25) is 10.0 Å². The van der Waals surface area contributed by atoms with Crippen molar-refractivity contribution in [3.05, 3.63) is 29.8 Å². The van der Waals surface area contributed by atoms with Gasteiger partial charge in [-0.1, -0.05) is 25.1 Å². The van der Waals surface area contributed by atoms with E-state index in [9.17, 15) is 8.42 Å². The number of sulfonamides is 1.